The summed E-state index contributed by atoms with van der Waals surface area (Å²) in [5.41, 5.74) is 8.40. The van der Waals surface area contributed by atoms with Crippen molar-refractivity contribution in [1.29, 1.82) is 0 Å². The van der Waals surface area contributed by atoms with E-state index in [9.17, 15) is 0 Å². The molecule has 0 saturated heterocycles. The first kappa shape index (κ1) is 7.79. The van der Waals surface area contributed by atoms with E-state index in [1.165, 1.54) is 5.56 Å². The minimum absolute atomic E-state index is 0.781. The molecule has 1 heterocycles. The van der Waals surface area contributed by atoms with Gasteiger partial charge in [0.25, 0.3) is 0 Å². The number of nitrogens with two attached hydrogens (primary N) is 1. The molecule has 0 atom stereocenters. The predicted octanol–water partition coefficient (Wildman–Crippen LogP) is 1.71. The molecular weight excluding hydrogens is 136 g/mol. The number of aromatic nitrogens is 1. The van der Waals surface area contributed by atoms with E-state index in [2.05, 4.69) is 4.98 Å². The highest BCUT2D eigenvalue weighted by atomic mass is 14.7. The van der Waals surface area contributed by atoms with Crippen LogP contribution >= 0.6 is 0 Å². The molecule has 0 aliphatic heterocycles. The van der Waals surface area contributed by atoms with Gasteiger partial charge in [-0.3, -0.25) is 4.98 Å². The molecule has 0 fully saturated rings. The second-order valence-corrected chi connectivity index (χ2v) is 2.65. The summed E-state index contributed by atoms with van der Waals surface area (Å²) in [6.45, 7) is 3.88. The number of hydrogen-bond donors (Lipinski definition) is 1. The van der Waals surface area contributed by atoms with Crippen molar-refractivity contribution in [2.24, 2.45) is 5.73 Å². The van der Waals surface area contributed by atoms with Gasteiger partial charge in [0.15, 0.2) is 0 Å². The molecule has 0 saturated carbocycles. The topological polar surface area (TPSA) is 38.9 Å². The zero-order valence-corrected chi connectivity index (χ0v) is 6.83. The van der Waals surface area contributed by atoms with Crippen molar-refractivity contribution in [2.45, 2.75) is 13.8 Å². The van der Waals surface area contributed by atoms with Gasteiger partial charge in [-0.15, -0.1) is 0 Å². The van der Waals surface area contributed by atoms with Crippen LogP contribution in [0.1, 0.15) is 18.2 Å². The second kappa shape index (κ2) is 3.19. The molecule has 0 amide bonds. The zero-order chi connectivity index (χ0) is 8.27. The largest absolute Gasteiger partial charge is 0.402 e. The molecular formula is C9H12N2. The number of aryl methyl sites for hydroxylation is 1. The maximum Gasteiger partial charge on any atom is 0.0649 e. The van der Waals surface area contributed by atoms with Crippen molar-refractivity contribution in [3.8, 4) is 0 Å². The van der Waals surface area contributed by atoms with Gasteiger partial charge in [0, 0.05) is 11.9 Å². The zero-order valence-electron chi connectivity index (χ0n) is 6.83. The van der Waals surface area contributed by atoms with E-state index in [1.807, 2.05) is 32.1 Å². The third-order valence-corrected chi connectivity index (χ3v) is 1.31. The first-order valence-electron chi connectivity index (χ1n) is 3.55. The van der Waals surface area contributed by atoms with E-state index < -0.39 is 0 Å². The van der Waals surface area contributed by atoms with Gasteiger partial charge in [0.05, 0.1) is 5.69 Å². The quantitative estimate of drug-likeness (QED) is 0.658. The molecule has 11 heavy (non-hydrogen) atoms. The lowest BCUT2D eigenvalue weighted by atomic mass is 10.2. The van der Waals surface area contributed by atoms with Crippen LogP contribution in [0.4, 0.5) is 0 Å². The summed E-state index contributed by atoms with van der Waals surface area (Å²) < 4.78 is 0. The molecule has 1 aromatic heterocycles. The van der Waals surface area contributed by atoms with Crippen LogP contribution in [0.3, 0.4) is 0 Å². The van der Waals surface area contributed by atoms with Crippen LogP contribution in [-0.4, -0.2) is 4.98 Å². The monoisotopic (exact) mass is 148 g/mol. The molecule has 0 aliphatic carbocycles. The first-order valence-corrected chi connectivity index (χ1v) is 3.55. The van der Waals surface area contributed by atoms with E-state index in [0.29, 0.717) is 0 Å². The molecule has 0 bridgehead atoms. The van der Waals surface area contributed by atoms with Gasteiger partial charge in [0.1, 0.15) is 0 Å². The maximum absolute atomic E-state index is 5.50. The van der Waals surface area contributed by atoms with Gasteiger partial charge in [-0.05, 0) is 37.6 Å². The van der Waals surface area contributed by atoms with Crippen LogP contribution in [0, 0.1) is 6.92 Å². The molecule has 0 spiro atoms. The minimum Gasteiger partial charge on any atom is -0.402 e. The Morgan fingerprint density at radius 2 is 2.36 bits per heavy atom. The summed E-state index contributed by atoms with van der Waals surface area (Å²) in [6, 6.07) is 3.96. The Morgan fingerprint density at radius 3 is 2.91 bits per heavy atom. The highest BCUT2D eigenvalue weighted by molar-refractivity contribution is 5.47. The lowest BCUT2D eigenvalue weighted by Gasteiger charge is -1.95. The van der Waals surface area contributed by atoms with Gasteiger partial charge in [-0.1, -0.05) is 0 Å². The molecule has 2 heteroatoms. The molecule has 0 unspecified atom stereocenters. The van der Waals surface area contributed by atoms with Crippen LogP contribution in [0.25, 0.3) is 6.08 Å². The summed E-state index contributed by atoms with van der Waals surface area (Å²) >= 11 is 0. The number of pyridine rings is 1. The highest BCUT2D eigenvalue weighted by Gasteiger charge is 1.88. The Kier molecular flexibility index (Phi) is 2.26. The Balaban J connectivity index is 2.97. The molecule has 2 N–H and O–H groups in total. The van der Waals surface area contributed by atoms with Crippen molar-refractivity contribution in [3.05, 3.63) is 35.3 Å². The van der Waals surface area contributed by atoms with Crippen LogP contribution in [0.2, 0.25) is 0 Å². The number of allylic oxidation sites excluding steroid dienone is 1. The Bertz CT molecular complexity index is 273. The standard InChI is InChI=1S/C9H12N2/c1-7-3-4-11-9(5-7)6-8(2)10/h3-6H,10H2,1-2H3. The smallest absolute Gasteiger partial charge is 0.0649 e. The van der Waals surface area contributed by atoms with Crippen molar-refractivity contribution in [2.75, 3.05) is 0 Å². The molecule has 58 valence electrons. The van der Waals surface area contributed by atoms with Gasteiger partial charge >= 0.3 is 0 Å². The second-order valence-electron chi connectivity index (χ2n) is 2.65. The SMILES string of the molecule is CC(N)=Cc1cc(C)ccn1. The Labute approximate surface area is 66.8 Å². The van der Waals surface area contributed by atoms with Crippen molar-refractivity contribution >= 4 is 6.08 Å². The number of rotatable bonds is 1. The number of hydrogen-bond acceptors (Lipinski definition) is 2. The van der Waals surface area contributed by atoms with Crippen LogP contribution in [0.15, 0.2) is 24.0 Å². The fourth-order valence-electron chi connectivity index (χ4n) is 0.872. The summed E-state index contributed by atoms with van der Waals surface area (Å²) in [6.07, 6.45) is 3.64. The van der Waals surface area contributed by atoms with Gasteiger partial charge in [-0.25, -0.2) is 0 Å². The van der Waals surface area contributed by atoms with E-state index in [1.54, 1.807) is 6.20 Å². The van der Waals surface area contributed by atoms with Gasteiger partial charge < -0.3 is 5.73 Å². The third-order valence-electron chi connectivity index (χ3n) is 1.31. The van der Waals surface area contributed by atoms with Gasteiger partial charge in [0.2, 0.25) is 0 Å². The first-order chi connectivity index (χ1) is 5.18. The molecule has 1 aromatic rings. The average molecular weight is 148 g/mol. The lowest BCUT2D eigenvalue weighted by molar-refractivity contribution is 1.24. The average Bonchev–Trinajstić information content (AvgIpc) is 1.85. The third kappa shape index (κ3) is 2.42. The summed E-state index contributed by atoms with van der Waals surface area (Å²) in [5, 5.41) is 0. The predicted molar refractivity (Wildman–Crippen MR) is 46.8 cm³/mol. The number of nitrogens with zero attached hydrogens (tertiary/aromatic N) is 1. The maximum atomic E-state index is 5.50. The fraction of sp³-hybridized carbons (Fsp3) is 0.222. The van der Waals surface area contributed by atoms with Crippen LogP contribution < -0.4 is 5.73 Å². The van der Waals surface area contributed by atoms with E-state index in [4.69, 9.17) is 5.73 Å². The highest BCUT2D eigenvalue weighted by Crippen LogP contribution is 2.02. The van der Waals surface area contributed by atoms with Crippen LogP contribution in [0.5, 0.6) is 0 Å². The van der Waals surface area contributed by atoms with Crippen molar-refractivity contribution in [1.82, 2.24) is 4.98 Å². The van der Waals surface area contributed by atoms with Crippen LogP contribution in [-0.2, 0) is 0 Å². The molecule has 0 radical (unpaired) electrons. The lowest BCUT2D eigenvalue weighted by Crippen LogP contribution is -1.91. The minimum atomic E-state index is 0.781. The molecule has 0 aromatic carbocycles. The van der Waals surface area contributed by atoms with Crippen molar-refractivity contribution in [3.63, 3.8) is 0 Å². The normalized spacial score (nSPS) is 11.6. The van der Waals surface area contributed by atoms with E-state index >= 15 is 0 Å². The van der Waals surface area contributed by atoms with Gasteiger partial charge in [-0.2, -0.15) is 0 Å². The van der Waals surface area contributed by atoms with E-state index in [-0.39, 0.29) is 0 Å². The fourth-order valence-corrected chi connectivity index (χ4v) is 0.872. The summed E-state index contributed by atoms with van der Waals surface area (Å²) in [7, 11) is 0. The Hall–Kier alpha value is -1.31. The Morgan fingerprint density at radius 1 is 1.64 bits per heavy atom. The van der Waals surface area contributed by atoms with Crippen molar-refractivity contribution < 1.29 is 0 Å². The molecule has 1 rings (SSSR count). The summed E-state index contributed by atoms with van der Waals surface area (Å²) in [4.78, 5) is 4.12. The molecule has 2 nitrogen and oxygen atoms in total. The summed E-state index contributed by atoms with van der Waals surface area (Å²) in [5.74, 6) is 0. The molecule has 0 aliphatic rings. The van der Waals surface area contributed by atoms with E-state index in [0.717, 1.165) is 11.4 Å².